The molecule has 9 heteroatoms. The molecule has 2 rings (SSSR count). The number of hydrazone groups is 1. The molecule has 0 saturated heterocycles. The van der Waals surface area contributed by atoms with Crippen LogP contribution in [0.3, 0.4) is 0 Å². The molecule has 150 valence electrons. The minimum atomic E-state index is -3.75. The number of benzene rings is 2. The number of hydrogen-bond acceptors (Lipinski definition) is 6. The summed E-state index contributed by atoms with van der Waals surface area (Å²) in [6.07, 6.45) is 1.42. The predicted octanol–water partition coefficient (Wildman–Crippen LogP) is 1.78. The molecule has 0 aliphatic carbocycles. The van der Waals surface area contributed by atoms with Crippen molar-refractivity contribution in [2.75, 3.05) is 27.8 Å². The summed E-state index contributed by atoms with van der Waals surface area (Å²) in [7, 11) is 0.639. The van der Waals surface area contributed by atoms with Crippen molar-refractivity contribution in [1.82, 2.24) is 9.73 Å². The van der Waals surface area contributed by atoms with Crippen LogP contribution in [0.5, 0.6) is 11.5 Å². The van der Waals surface area contributed by atoms with Crippen LogP contribution in [-0.2, 0) is 14.8 Å². The van der Waals surface area contributed by atoms with E-state index in [4.69, 9.17) is 9.47 Å². The summed E-state index contributed by atoms with van der Waals surface area (Å²) in [5.74, 6) is 0.545. The molecule has 0 atom stereocenters. The van der Waals surface area contributed by atoms with Gasteiger partial charge in [0.15, 0.2) is 11.5 Å². The third-order valence-electron chi connectivity index (χ3n) is 3.91. The number of carbonyl (C=O) groups excluding carboxylic acids is 1. The van der Waals surface area contributed by atoms with Crippen LogP contribution in [0.4, 0.5) is 0 Å². The van der Waals surface area contributed by atoms with Crippen molar-refractivity contribution in [1.29, 1.82) is 0 Å². The number of rotatable bonds is 8. The van der Waals surface area contributed by atoms with Crippen LogP contribution in [0, 0.1) is 6.92 Å². The first kappa shape index (κ1) is 21.4. The molecule has 28 heavy (non-hydrogen) atoms. The lowest BCUT2D eigenvalue weighted by Gasteiger charge is -2.16. The van der Waals surface area contributed by atoms with E-state index in [-0.39, 0.29) is 11.4 Å². The number of methoxy groups -OCH3 is 2. The molecule has 2 aromatic carbocycles. The Hall–Kier alpha value is -2.91. The summed E-state index contributed by atoms with van der Waals surface area (Å²) in [6.45, 7) is 1.50. The van der Waals surface area contributed by atoms with Gasteiger partial charge in [0.2, 0.25) is 10.0 Å². The summed E-state index contributed by atoms with van der Waals surface area (Å²) in [6, 6.07) is 11.6. The maximum absolute atomic E-state index is 12.5. The number of nitrogens with one attached hydrogen (secondary N) is 1. The highest BCUT2D eigenvalue weighted by Crippen LogP contribution is 2.26. The molecule has 0 aliphatic rings. The average molecular weight is 405 g/mol. The van der Waals surface area contributed by atoms with Crippen LogP contribution in [0.1, 0.15) is 11.1 Å². The van der Waals surface area contributed by atoms with E-state index in [1.54, 1.807) is 30.3 Å². The summed E-state index contributed by atoms with van der Waals surface area (Å²) in [5, 5.41) is 3.85. The van der Waals surface area contributed by atoms with Crippen LogP contribution < -0.4 is 14.9 Å². The number of carbonyl (C=O) groups is 1. The summed E-state index contributed by atoms with van der Waals surface area (Å²) in [5.41, 5.74) is 3.94. The van der Waals surface area contributed by atoms with Crippen LogP contribution in [0.2, 0.25) is 0 Å². The molecular weight excluding hydrogens is 382 g/mol. The molecule has 0 fully saturated rings. The fourth-order valence-corrected chi connectivity index (χ4v) is 3.45. The highest BCUT2D eigenvalue weighted by atomic mass is 32.2. The Labute approximate surface area is 164 Å². The molecule has 8 nitrogen and oxygen atoms in total. The highest BCUT2D eigenvalue weighted by Gasteiger charge is 2.22. The predicted molar refractivity (Wildman–Crippen MR) is 106 cm³/mol. The standard InChI is InChI=1S/C19H23N3O5S/c1-14-5-8-16(9-6-14)28(24,25)22(2)13-19(23)21-20-12-15-7-10-17(26-3)18(11-15)27-4/h5-12H,13H2,1-4H3,(H,21,23). The zero-order valence-corrected chi connectivity index (χ0v) is 17.0. The lowest BCUT2D eigenvalue weighted by Crippen LogP contribution is -2.36. The Kier molecular flexibility index (Phi) is 7.13. The van der Waals surface area contributed by atoms with E-state index in [2.05, 4.69) is 10.5 Å². The quantitative estimate of drug-likeness (QED) is 0.533. The zero-order valence-electron chi connectivity index (χ0n) is 16.2. The van der Waals surface area contributed by atoms with Crippen molar-refractivity contribution in [3.63, 3.8) is 0 Å². The minimum absolute atomic E-state index is 0.127. The van der Waals surface area contributed by atoms with Crippen molar-refractivity contribution < 1.29 is 22.7 Å². The smallest absolute Gasteiger partial charge is 0.255 e. The van der Waals surface area contributed by atoms with Crippen LogP contribution in [-0.4, -0.2) is 52.7 Å². The lowest BCUT2D eigenvalue weighted by atomic mass is 10.2. The lowest BCUT2D eigenvalue weighted by molar-refractivity contribution is -0.121. The molecule has 0 unspecified atom stereocenters. The Bertz CT molecular complexity index is 956. The second kappa shape index (κ2) is 9.34. The molecule has 2 aromatic rings. The van der Waals surface area contributed by atoms with Crippen molar-refractivity contribution >= 4 is 22.1 Å². The van der Waals surface area contributed by atoms with Crippen LogP contribution >= 0.6 is 0 Å². The van der Waals surface area contributed by atoms with Crippen molar-refractivity contribution in [3.8, 4) is 11.5 Å². The van der Waals surface area contributed by atoms with E-state index in [1.807, 2.05) is 6.92 Å². The summed E-state index contributed by atoms with van der Waals surface area (Å²) in [4.78, 5) is 12.2. The highest BCUT2D eigenvalue weighted by molar-refractivity contribution is 7.89. The number of likely N-dealkylation sites (N-methyl/N-ethyl adjacent to an activating group) is 1. The molecule has 0 bridgehead atoms. The Morgan fingerprint density at radius 3 is 2.36 bits per heavy atom. The number of hydrogen-bond donors (Lipinski definition) is 1. The largest absolute Gasteiger partial charge is 0.493 e. The molecule has 0 saturated carbocycles. The van der Waals surface area contributed by atoms with Gasteiger partial charge in [-0.05, 0) is 42.8 Å². The maximum Gasteiger partial charge on any atom is 0.255 e. The van der Waals surface area contributed by atoms with Crippen LogP contribution in [0.15, 0.2) is 52.5 Å². The number of sulfonamides is 1. The second-order valence-electron chi connectivity index (χ2n) is 5.98. The Morgan fingerprint density at radius 1 is 1.11 bits per heavy atom. The van der Waals surface area contributed by atoms with E-state index in [0.29, 0.717) is 17.1 Å². The van der Waals surface area contributed by atoms with Crippen molar-refractivity contribution in [2.45, 2.75) is 11.8 Å². The van der Waals surface area contributed by atoms with Gasteiger partial charge in [-0.25, -0.2) is 13.8 Å². The third-order valence-corrected chi connectivity index (χ3v) is 5.72. The van der Waals surface area contributed by atoms with Gasteiger partial charge in [-0.2, -0.15) is 9.41 Å². The first-order valence-corrected chi connectivity index (χ1v) is 9.79. The minimum Gasteiger partial charge on any atom is -0.493 e. The first-order chi connectivity index (χ1) is 13.3. The molecule has 0 aromatic heterocycles. The molecule has 1 amide bonds. The SMILES string of the molecule is COc1ccc(C=NNC(=O)CN(C)S(=O)(=O)c2ccc(C)cc2)cc1OC. The number of nitrogens with zero attached hydrogens (tertiary/aromatic N) is 2. The van der Waals surface area contributed by atoms with E-state index in [0.717, 1.165) is 9.87 Å². The van der Waals surface area contributed by atoms with Gasteiger partial charge in [0.05, 0.1) is 31.9 Å². The van der Waals surface area contributed by atoms with Gasteiger partial charge in [0.1, 0.15) is 0 Å². The van der Waals surface area contributed by atoms with Gasteiger partial charge in [0.25, 0.3) is 5.91 Å². The van der Waals surface area contributed by atoms with Crippen molar-refractivity contribution in [3.05, 3.63) is 53.6 Å². The normalized spacial score (nSPS) is 11.6. The monoisotopic (exact) mass is 405 g/mol. The second-order valence-corrected chi connectivity index (χ2v) is 8.03. The molecule has 0 spiro atoms. The molecule has 0 radical (unpaired) electrons. The van der Waals surface area contributed by atoms with Gasteiger partial charge >= 0.3 is 0 Å². The fraction of sp³-hybridized carbons (Fsp3) is 0.263. The van der Waals surface area contributed by atoms with Gasteiger partial charge < -0.3 is 9.47 Å². The summed E-state index contributed by atoms with van der Waals surface area (Å²) >= 11 is 0. The Morgan fingerprint density at radius 2 is 1.75 bits per heavy atom. The van der Waals surface area contributed by atoms with Gasteiger partial charge in [-0.1, -0.05) is 17.7 Å². The van der Waals surface area contributed by atoms with Crippen molar-refractivity contribution in [2.24, 2.45) is 5.10 Å². The topological polar surface area (TPSA) is 97.3 Å². The Balaban J connectivity index is 1.98. The van der Waals surface area contributed by atoms with E-state index < -0.39 is 15.9 Å². The third kappa shape index (κ3) is 5.30. The molecule has 0 heterocycles. The maximum atomic E-state index is 12.5. The number of ether oxygens (including phenoxy) is 2. The van der Waals surface area contributed by atoms with E-state index >= 15 is 0 Å². The first-order valence-electron chi connectivity index (χ1n) is 8.35. The molecular formula is C19H23N3O5S. The van der Waals surface area contributed by atoms with Gasteiger partial charge in [-0.3, -0.25) is 4.79 Å². The fourth-order valence-electron chi connectivity index (χ4n) is 2.32. The van der Waals surface area contributed by atoms with E-state index in [9.17, 15) is 13.2 Å². The zero-order chi connectivity index (χ0) is 20.7. The molecule has 1 N–H and O–H groups in total. The number of aryl methyl sites for hydroxylation is 1. The van der Waals surface area contributed by atoms with Gasteiger partial charge in [-0.15, -0.1) is 0 Å². The van der Waals surface area contributed by atoms with E-state index in [1.165, 1.54) is 39.6 Å². The molecule has 0 aliphatic heterocycles. The van der Waals surface area contributed by atoms with Crippen LogP contribution in [0.25, 0.3) is 0 Å². The van der Waals surface area contributed by atoms with Gasteiger partial charge in [0, 0.05) is 7.05 Å². The number of amides is 1. The average Bonchev–Trinajstić information content (AvgIpc) is 2.68. The summed E-state index contributed by atoms with van der Waals surface area (Å²) < 4.78 is 36.3.